The number of fused-ring (bicyclic) bond motifs is 3. The average molecular weight is 451 g/mol. The molecule has 148 valence electrons. The number of benzene rings is 1. The largest absolute Gasteiger partial charge is 0.444 e. The second kappa shape index (κ2) is 7.81. The first-order chi connectivity index (χ1) is 14.2. The van der Waals surface area contributed by atoms with Crippen LogP contribution in [0.2, 0.25) is 0 Å². The summed E-state index contributed by atoms with van der Waals surface area (Å²) in [6.07, 6.45) is 7.82. The number of nitriles is 1. The third kappa shape index (κ3) is 3.65. The molecule has 3 aromatic rings. The molecule has 5 nitrogen and oxygen atoms in total. The summed E-state index contributed by atoms with van der Waals surface area (Å²) in [4.78, 5) is 7.27. The van der Waals surface area contributed by atoms with Gasteiger partial charge in [0, 0.05) is 36.1 Å². The number of hydrogen-bond donors (Lipinski definition) is 1. The standard InChI is InChI=1S/C23H23BrN4O/c24-22-20-11-19(12-25)29-21(20)13-26-23(22)27-16-9-17-7-4-8-18(10-16)28(17)14-15-5-2-1-3-6-15/h1-3,5-6,11,13,16-18H,4,7-10,14H2,(H,26,27)/t16?,17-,18+. The number of halogens is 1. The third-order valence-electron chi connectivity index (χ3n) is 6.30. The Hall–Kier alpha value is -2.36. The summed E-state index contributed by atoms with van der Waals surface area (Å²) in [5.41, 5.74) is 2.03. The van der Waals surface area contributed by atoms with Crippen molar-refractivity contribution in [2.75, 3.05) is 5.32 Å². The Bertz CT molecular complexity index is 1040. The zero-order valence-corrected chi connectivity index (χ0v) is 17.7. The molecule has 6 heteroatoms. The van der Waals surface area contributed by atoms with Gasteiger partial charge in [-0.15, -0.1) is 0 Å². The minimum absolute atomic E-state index is 0.309. The molecule has 2 fully saturated rings. The quantitative estimate of drug-likeness (QED) is 0.571. The number of piperidine rings is 2. The van der Waals surface area contributed by atoms with Gasteiger partial charge in [0.2, 0.25) is 5.76 Å². The molecule has 29 heavy (non-hydrogen) atoms. The number of furan rings is 1. The van der Waals surface area contributed by atoms with Crippen molar-refractivity contribution in [2.45, 2.75) is 56.8 Å². The molecule has 0 spiro atoms. The van der Waals surface area contributed by atoms with Crippen LogP contribution in [0.5, 0.6) is 0 Å². The van der Waals surface area contributed by atoms with Crippen LogP contribution in [0, 0.1) is 11.3 Å². The number of nitrogens with one attached hydrogen (secondary N) is 1. The van der Waals surface area contributed by atoms with Crippen LogP contribution in [0.25, 0.3) is 11.0 Å². The van der Waals surface area contributed by atoms with Gasteiger partial charge in [-0.05, 0) is 47.2 Å². The molecule has 0 saturated carbocycles. The molecule has 2 aliphatic heterocycles. The molecule has 0 aliphatic carbocycles. The van der Waals surface area contributed by atoms with Gasteiger partial charge in [-0.25, -0.2) is 4.98 Å². The van der Waals surface area contributed by atoms with Gasteiger partial charge in [-0.2, -0.15) is 5.26 Å². The second-order valence-electron chi connectivity index (χ2n) is 8.13. The zero-order valence-electron chi connectivity index (χ0n) is 16.1. The summed E-state index contributed by atoms with van der Waals surface area (Å²) in [6, 6.07) is 16.3. The molecule has 2 saturated heterocycles. The smallest absolute Gasteiger partial charge is 0.204 e. The maximum atomic E-state index is 9.08. The molecule has 4 heterocycles. The number of nitrogens with zero attached hydrogens (tertiary/aromatic N) is 3. The fourth-order valence-electron chi connectivity index (χ4n) is 4.98. The lowest BCUT2D eigenvalue weighted by atomic mass is 9.81. The van der Waals surface area contributed by atoms with Gasteiger partial charge < -0.3 is 9.73 Å². The van der Waals surface area contributed by atoms with Crippen molar-refractivity contribution in [3.05, 3.63) is 58.4 Å². The monoisotopic (exact) mass is 450 g/mol. The van der Waals surface area contributed by atoms with Crippen LogP contribution in [0.4, 0.5) is 5.82 Å². The first kappa shape index (κ1) is 18.7. The van der Waals surface area contributed by atoms with Crippen molar-refractivity contribution in [1.29, 1.82) is 5.26 Å². The molecule has 0 radical (unpaired) electrons. The molecular formula is C23H23BrN4O. The first-order valence-electron chi connectivity index (χ1n) is 10.3. The molecule has 3 atom stereocenters. The van der Waals surface area contributed by atoms with Crippen molar-refractivity contribution in [3.8, 4) is 6.07 Å². The van der Waals surface area contributed by atoms with E-state index >= 15 is 0 Å². The van der Waals surface area contributed by atoms with E-state index in [4.69, 9.17) is 9.68 Å². The molecule has 1 N–H and O–H groups in total. The predicted molar refractivity (Wildman–Crippen MR) is 116 cm³/mol. The van der Waals surface area contributed by atoms with E-state index < -0.39 is 0 Å². The van der Waals surface area contributed by atoms with Gasteiger partial charge in [0.15, 0.2) is 5.58 Å². The number of aromatic nitrogens is 1. The fourth-order valence-corrected chi connectivity index (χ4v) is 5.50. The maximum Gasteiger partial charge on any atom is 0.204 e. The average Bonchev–Trinajstić information content (AvgIpc) is 3.16. The lowest BCUT2D eigenvalue weighted by Crippen LogP contribution is -2.54. The minimum Gasteiger partial charge on any atom is -0.444 e. The number of rotatable bonds is 4. The molecule has 1 unspecified atom stereocenters. The predicted octanol–water partition coefficient (Wildman–Crippen LogP) is 5.46. The first-order valence-corrected chi connectivity index (χ1v) is 11.0. The molecule has 1 aromatic carbocycles. The summed E-state index contributed by atoms with van der Waals surface area (Å²) in [7, 11) is 0. The molecule has 5 rings (SSSR count). The van der Waals surface area contributed by atoms with Crippen LogP contribution in [-0.2, 0) is 6.54 Å². The Balaban J connectivity index is 1.33. The van der Waals surface area contributed by atoms with E-state index in [2.05, 4.69) is 67.5 Å². The normalized spacial score (nSPS) is 24.3. The fraction of sp³-hybridized carbons (Fsp3) is 0.391. The molecule has 2 aromatic heterocycles. The van der Waals surface area contributed by atoms with Gasteiger partial charge in [0.25, 0.3) is 0 Å². The maximum absolute atomic E-state index is 9.08. The Morgan fingerprint density at radius 3 is 2.69 bits per heavy atom. The van der Waals surface area contributed by atoms with Crippen molar-refractivity contribution in [1.82, 2.24) is 9.88 Å². The van der Waals surface area contributed by atoms with Crippen molar-refractivity contribution >= 4 is 32.7 Å². The SMILES string of the molecule is N#Cc1cc2c(Br)c(NC3C[C@H]4CCC[C@@H](C3)N4Cc3ccccc3)ncc2o1. The number of hydrogen-bond acceptors (Lipinski definition) is 5. The van der Waals surface area contributed by atoms with Crippen LogP contribution in [0.3, 0.4) is 0 Å². The van der Waals surface area contributed by atoms with E-state index in [1.54, 1.807) is 12.3 Å². The van der Waals surface area contributed by atoms with Crippen molar-refractivity contribution in [2.24, 2.45) is 0 Å². The van der Waals surface area contributed by atoms with E-state index in [1.165, 1.54) is 24.8 Å². The van der Waals surface area contributed by atoms with Crippen LogP contribution in [0.1, 0.15) is 43.4 Å². The van der Waals surface area contributed by atoms with Gasteiger partial charge in [0.1, 0.15) is 11.9 Å². The molecule has 2 bridgehead atoms. The summed E-state index contributed by atoms with van der Waals surface area (Å²) in [6.45, 7) is 1.04. The van der Waals surface area contributed by atoms with Crippen LogP contribution < -0.4 is 5.32 Å². The van der Waals surface area contributed by atoms with E-state index in [9.17, 15) is 0 Å². The number of anilines is 1. The van der Waals surface area contributed by atoms with Crippen molar-refractivity contribution < 1.29 is 4.42 Å². The highest BCUT2D eigenvalue weighted by atomic mass is 79.9. The minimum atomic E-state index is 0.309. The molecule has 2 aliphatic rings. The van der Waals surface area contributed by atoms with Crippen LogP contribution in [-0.4, -0.2) is 28.0 Å². The Morgan fingerprint density at radius 2 is 1.97 bits per heavy atom. The second-order valence-corrected chi connectivity index (χ2v) is 8.92. The van der Waals surface area contributed by atoms with Gasteiger partial charge in [-0.1, -0.05) is 36.8 Å². The molecule has 0 amide bonds. The zero-order chi connectivity index (χ0) is 19.8. The van der Waals surface area contributed by atoms with E-state index in [-0.39, 0.29) is 0 Å². The van der Waals surface area contributed by atoms with Crippen LogP contribution >= 0.6 is 15.9 Å². The van der Waals surface area contributed by atoms with Gasteiger partial charge >= 0.3 is 0 Å². The Kier molecular flexibility index (Phi) is 5.03. The Morgan fingerprint density at radius 1 is 1.21 bits per heavy atom. The topological polar surface area (TPSA) is 65.1 Å². The summed E-state index contributed by atoms with van der Waals surface area (Å²) < 4.78 is 6.36. The Labute approximate surface area is 178 Å². The van der Waals surface area contributed by atoms with Crippen molar-refractivity contribution in [3.63, 3.8) is 0 Å². The van der Waals surface area contributed by atoms with E-state index in [1.807, 2.05) is 0 Å². The highest BCUT2D eigenvalue weighted by Gasteiger charge is 2.38. The van der Waals surface area contributed by atoms with Gasteiger partial charge in [0.05, 0.1) is 10.7 Å². The van der Waals surface area contributed by atoms with Crippen LogP contribution in [0.15, 0.2) is 51.5 Å². The lowest BCUT2D eigenvalue weighted by molar-refractivity contribution is 0.0277. The summed E-state index contributed by atoms with van der Waals surface area (Å²) in [5.74, 6) is 1.14. The highest BCUT2D eigenvalue weighted by molar-refractivity contribution is 9.10. The van der Waals surface area contributed by atoms with E-state index in [0.717, 1.165) is 35.1 Å². The lowest BCUT2D eigenvalue weighted by Gasteiger charge is -2.49. The van der Waals surface area contributed by atoms with Gasteiger partial charge in [-0.3, -0.25) is 4.90 Å². The summed E-state index contributed by atoms with van der Waals surface area (Å²) >= 11 is 3.66. The third-order valence-corrected chi connectivity index (χ3v) is 7.10. The number of pyridine rings is 1. The molecular weight excluding hydrogens is 428 g/mol. The van der Waals surface area contributed by atoms with E-state index in [0.29, 0.717) is 29.5 Å². The highest BCUT2D eigenvalue weighted by Crippen LogP contribution is 2.38. The summed E-state index contributed by atoms with van der Waals surface area (Å²) in [5, 5.41) is 13.6.